The van der Waals surface area contributed by atoms with Crippen LogP contribution in [0, 0.1) is 13.8 Å². The molecule has 0 saturated carbocycles. The van der Waals surface area contributed by atoms with Gasteiger partial charge >= 0.3 is 0 Å². The summed E-state index contributed by atoms with van der Waals surface area (Å²) in [6.07, 6.45) is 1.55. The van der Waals surface area contributed by atoms with Crippen molar-refractivity contribution in [3.8, 4) is 5.69 Å². The number of tetrazole rings is 1. The van der Waals surface area contributed by atoms with Crippen molar-refractivity contribution in [1.29, 1.82) is 0 Å². The van der Waals surface area contributed by atoms with Gasteiger partial charge in [-0.15, -0.1) is 5.10 Å². The van der Waals surface area contributed by atoms with E-state index in [4.69, 9.17) is 12.2 Å². The second kappa shape index (κ2) is 7.83. The maximum atomic E-state index is 5.33. The molecule has 0 unspecified atom stereocenters. The molecule has 2 N–H and O–H groups in total. The van der Waals surface area contributed by atoms with Crippen LogP contribution in [0.3, 0.4) is 0 Å². The average Bonchev–Trinajstić information content (AvgIpc) is 3.17. The number of aryl methyl sites for hydroxylation is 2. The number of anilines is 1. The second-order valence-corrected chi connectivity index (χ2v) is 6.29. The Balaban J connectivity index is 1.68. The van der Waals surface area contributed by atoms with Crippen LogP contribution < -0.4 is 10.7 Å². The van der Waals surface area contributed by atoms with Crippen molar-refractivity contribution in [3.05, 3.63) is 65.5 Å². The molecule has 0 amide bonds. The maximum Gasteiger partial charge on any atom is 0.191 e. The first-order valence-corrected chi connectivity index (χ1v) is 8.46. The fraction of sp³-hybridized carbons (Fsp3) is 0.167. The first kappa shape index (κ1) is 17.7. The molecule has 0 atom stereocenters. The number of aromatic nitrogens is 4. The molecule has 0 aliphatic heterocycles. The SMILES string of the molecule is C/C(=N/NC(=S)Nc1ccc(C)cc1C)c1cccc(-n2cnnn2)c1. The topological polar surface area (TPSA) is 80.0 Å². The van der Waals surface area contributed by atoms with Gasteiger partial charge in [-0.2, -0.15) is 5.10 Å². The Kier molecular flexibility index (Phi) is 5.33. The summed E-state index contributed by atoms with van der Waals surface area (Å²) in [5.41, 5.74) is 8.79. The zero-order chi connectivity index (χ0) is 18.5. The zero-order valence-electron chi connectivity index (χ0n) is 14.8. The van der Waals surface area contributed by atoms with E-state index in [1.807, 2.05) is 50.2 Å². The third-order valence-electron chi connectivity index (χ3n) is 3.83. The number of rotatable bonds is 4. The van der Waals surface area contributed by atoms with Gasteiger partial charge in [0.15, 0.2) is 5.11 Å². The molecule has 3 rings (SSSR count). The lowest BCUT2D eigenvalue weighted by Gasteiger charge is -2.11. The number of nitrogens with zero attached hydrogens (tertiary/aromatic N) is 5. The minimum atomic E-state index is 0.438. The maximum absolute atomic E-state index is 5.33. The van der Waals surface area contributed by atoms with Crippen LogP contribution in [0.2, 0.25) is 0 Å². The quantitative estimate of drug-likeness (QED) is 0.420. The standard InChI is InChI=1S/C18H19N7S/c1-12-7-8-17(13(2)9-12)20-18(26)22-21-14(3)15-5-4-6-16(10-15)25-11-19-23-24-25/h4-11H,1-3H3,(H2,20,22,26)/b21-14-. The lowest BCUT2D eigenvalue weighted by molar-refractivity contribution is 0.789. The van der Waals surface area contributed by atoms with Crippen LogP contribution in [-0.4, -0.2) is 31.0 Å². The van der Waals surface area contributed by atoms with Crippen LogP contribution in [0.15, 0.2) is 53.9 Å². The van der Waals surface area contributed by atoms with Gasteiger partial charge in [0.25, 0.3) is 0 Å². The molecule has 8 heteroatoms. The lowest BCUT2D eigenvalue weighted by atomic mass is 10.1. The average molecular weight is 365 g/mol. The van der Waals surface area contributed by atoms with Crippen molar-refractivity contribution in [3.63, 3.8) is 0 Å². The summed E-state index contributed by atoms with van der Waals surface area (Å²) in [5, 5.41) is 19.2. The van der Waals surface area contributed by atoms with Crippen LogP contribution in [-0.2, 0) is 0 Å². The van der Waals surface area contributed by atoms with Crippen LogP contribution in [0.1, 0.15) is 23.6 Å². The largest absolute Gasteiger partial charge is 0.331 e. The summed E-state index contributed by atoms with van der Waals surface area (Å²) in [7, 11) is 0. The molecule has 0 aliphatic carbocycles. The summed E-state index contributed by atoms with van der Waals surface area (Å²) in [6.45, 7) is 6.01. The van der Waals surface area contributed by atoms with E-state index >= 15 is 0 Å². The van der Waals surface area contributed by atoms with Gasteiger partial charge in [0.05, 0.1) is 11.4 Å². The van der Waals surface area contributed by atoms with Gasteiger partial charge in [-0.05, 0) is 72.7 Å². The van der Waals surface area contributed by atoms with Crippen molar-refractivity contribution in [2.45, 2.75) is 20.8 Å². The van der Waals surface area contributed by atoms with Gasteiger partial charge in [-0.1, -0.05) is 29.8 Å². The van der Waals surface area contributed by atoms with Gasteiger partial charge < -0.3 is 5.32 Å². The molecular weight excluding hydrogens is 346 g/mol. The molecule has 3 aromatic rings. The Morgan fingerprint density at radius 3 is 2.73 bits per heavy atom. The molecule has 0 aliphatic rings. The third-order valence-corrected chi connectivity index (χ3v) is 4.03. The van der Waals surface area contributed by atoms with Gasteiger partial charge in [0.1, 0.15) is 6.33 Å². The summed E-state index contributed by atoms with van der Waals surface area (Å²) in [6, 6.07) is 13.9. The Morgan fingerprint density at radius 1 is 1.15 bits per heavy atom. The fourth-order valence-electron chi connectivity index (χ4n) is 2.46. The van der Waals surface area contributed by atoms with Gasteiger partial charge in [-0.25, -0.2) is 4.68 Å². The van der Waals surface area contributed by atoms with Crippen molar-refractivity contribution in [2.75, 3.05) is 5.32 Å². The number of nitrogens with one attached hydrogen (secondary N) is 2. The van der Waals surface area contributed by atoms with Crippen LogP contribution in [0.5, 0.6) is 0 Å². The summed E-state index contributed by atoms with van der Waals surface area (Å²) >= 11 is 5.33. The number of thiocarbonyl (C=S) groups is 1. The molecule has 0 saturated heterocycles. The smallest absolute Gasteiger partial charge is 0.191 e. The molecule has 0 radical (unpaired) electrons. The number of hydrogen-bond donors (Lipinski definition) is 2. The zero-order valence-corrected chi connectivity index (χ0v) is 15.6. The Bertz CT molecular complexity index is 948. The lowest BCUT2D eigenvalue weighted by Crippen LogP contribution is -2.25. The third kappa shape index (κ3) is 4.28. The first-order valence-electron chi connectivity index (χ1n) is 8.05. The Labute approximate surface area is 157 Å². The van der Waals surface area contributed by atoms with E-state index in [1.165, 1.54) is 5.56 Å². The summed E-state index contributed by atoms with van der Waals surface area (Å²) < 4.78 is 1.59. The van der Waals surface area contributed by atoms with Crippen LogP contribution in [0.4, 0.5) is 5.69 Å². The Hall–Kier alpha value is -3.13. The highest BCUT2D eigenvalue weighted by atomic mass is 32.1. The van der Waals surface area contributed by atoms with E-state index in [0.29, 0.717) is 5.11 Å². The molecular formula is C18H19N7S. The molecule has 0 fully saturated rings. The fourth-order valence-corrected chi connectivity index (χ4v) is 2.61. The van der Waals surface area contributed by atoms with Crippen molar-refractivity contribution < 1.29 is 0 Å². The first-order chi connectivity index (χ1) is 12.5. The monoisotopic (exact) mass is 365 g/mol. The Morgan fingerprint density at radius 2 is 2.00 bits per heavy atom. The van der Waals surface area contributed by atoms with E-state index in [2.05, 4.69) is 44.4 Å². The molecule has 2 aromatic carbocycles. The highest BCUT2D eigenvalue weighted by molar-refractivity contribution is 7.80. The van der Waals surface area contributed by atoms with Gasteiger partial charge in [-0.3, -0.25) is 5.43 Å². The molecule has 26 heavy (non-hydrogen) atoms. The number of hydrazone groups is 1. The molecule has 0 spiro atoms. The number of hydrogen-bond acceptors (Lipinski definition) is 5. The van der Waals surface area contributed by atoms with Crippen LogP contribution in [0.25, 0.3) is 5.69 Å². The van der Waals surface area contributed by atoms with Crippen molar-refractivity contribution >= 4 is 28.7 Å². The predicted molar refractivity (Wildman–Crippen MR) is 107 cm³/mol. The molecule has 132 valence electrons. The van der Waals surface area contributed by atoms with E-state index in [1.54, 1.807) is 11.0 Å². The van der Waals surface area contributed by atoms with E-state index in [-0.39, 0.29) is 0 Å². The van der Waals surface area contributed by atoms with Crippen molar-refractivity contribution in [1.82, 2.24) is 25.6 Å². The minimum absolute atomic E-state index is 0.438. The highest BCUT2D eigenvalue weighted by Gasteiger charge is 2.04. The molecule has 0 bridgehead atoms. The van der Waals surface area contributed by atoms with Crippen molar-refractivity contribution in [2.24, 2.45) is 5.10 Å². The van der Waals surface area contributed by atoms with E-state index in [9.17, 15) is 0 Å². The molecule has 1 heterocycles. The summed E-state index contributed by atoms with van der Waals surface area (Å²) in [4.78, 5) is 0. The number of benzene rings is 2. The van der Waals surface area contributed by atoms with Gasteiger partial charge in [0.2, 0.25) is 0 Å². The van der Waals surface area contributed by atoms with Gasteiger partial charge in [0, 0.05) is 5.69 Å². The van der Waals surface area contributed by atoms with Crippen LogP contribution >= 0.6 is 12.2 Å². The molecule has 7 nitrogen and oxygen atoms in total. The normalized spacial score (nSPS) is 11.3. The predicted octanol–water partition coefficient (Wildman–Crippen LogP) is 2.99. The second-order valence-electron chi connectivity index (χ2n) is 5.89. The minimum Gasteiger partial charge on any atom is -0.331 e. The van der Waals surface area contributed by atoms with E-state index < -0.39 is 0 Å². The van der Waals surface area contributed by atoms with E-state index in [0.717, 1.165) is 28.2 Å². The molecule has 1 aromatic heterocycles. The summed E-state index contributed by atoms with van der Waals surface area (Å²) in [5.74, 6) is 0. The highest BCUT2D eigenvalue weighted by Crippen LogP contribution is 2.15.